The van der Waals surface area contributed by atoms with Gasteiger partial charge in [-0.3, -0.25) is 33.6 Å². The lowest BCUT2D eigenvalue weighted by molar-refractivity contribution is -0.294. The Labute approximate surface area is 528 Å². The van der Waals surface area contributed by atoms with Crippen LogP contribution in [0.15, 0.2) is 72.8 Å². The molecular formula is C71H102O18. The lowest BCUT2D eigenvalue weighted by Gasteiger charge is -2.45. The molecule has 0 bridgehead atoms. The van der Waals surface area contributed by atoms with Crippen molar-refractivity contribution in [3.8, 4) is 17.2 Å². The number of ketones is 2. The first-order chi connectivity index (χ1) is 42.7. The maximum Gasteiger partial charge on any atom is 0.305 e. The van der Waals surface area contributed by atoms with Gasteiger partial charge in [0.1, 0.15) is 47.6 Å². The highest BCUT2D eigenvalue weighted by Gasteiger charge is 2.51. The van der Waals surface area contributed by atoms with Gasteiger partial charge in [-0.15, -0.1) is 0 Å². The summed E-state index contributed by atoms with van der Waals surface area (Å²) in [6.45, 7) is 10.3. The molecule has 89 heavy (non-hydrogen) atoms. The van der Waals surface area contributed by atoms with Gasteiger partial charge in [-0.2, -0.15) is 0 Å². The zero-order valence-corrected chi connectivity index (χ0v) is 54.5. The summed E-state index contributed by atoms with van der Waals surface area (Å²) >= 11 is 0. The second-order valence-corrected chi connectivity index (χ2v) is 24.9. The van der Waals surface area contributed by atoms with Crippen molar-refractivity contribution in [2.75, 3.05) is 54.4 Å². The van der Waals surface area contributed by atoms with Gasteiger partial charge in [0.2, 0.25) is 0 Å². The number of Topliss-reactive ketones (excluding diaryl/α,β-unsaturated/α-hetero) is 2. The van der Waals surface area contributed by atoms with Crippen LogP contribution in [0.1, 0.15) is 199 Å². The van der Waals surface area contributed by atoms with E-state index in [1.165, 1.54) is 20.8 Å². The van der Waals surface area contributed by atoms with E-state index in [2.05, 4.69) is 36.4 Å². The zero-order valence-electron chi connectivity index (χ0n) is 54.5. The fraction of sp³-hybridized carbons (Fsp3) is 0.648. The topological polar surface area (TPSA) is 232 Å². The van der Waals surface area contributed by atoms with Crippen molar-refractivity contribution in [1.29, 1.82) is 0 Å². The predicted octanol–water partition coefficient (Wildman–Crippen LogP) is 12.5. The largest absolute Gasteiger partial charge is 0.497 e. The van der Waals surface area contributed by atoms with E-state index in [1.807, 2.05) is 57.2 Å². The highest BCUT2D eigenvalue weighted by molar-refractivity contribution is 5.81. The minimum atomic E-state index is -1.02. The third kappa shape index (κ3) is 24.1. The molecule has 18 heteroatoms. The number of esters is 5. The molecule has 2 aliphatic rings. The second kappa shape index (κ2) is 38.4. The number of ether oxygens (including phenoxy) is 10. The van der Waals surface area contributed by atoms with E-state index in [1.54, 1.807) is 21.3 Å². The van der Waals surface area contributed by atoms with Crippen LogP contribution >= 0.6 is 0 Å². The number of carbonyl (C=O) groups excluding carboxylic acids is 7. The van der Waals surface area contributed by atoms with Crippen LogP contribution in [0.4, 0.5) is 0 Å². The maximum absolute atomic E-state index is 13.8. The number of methoxy groups -OCH3 is 3. The van der Waals surface area contributed by atoms with E-state index >= 15 is 0 Å². The van der Waals surface area contributed by atoms with Crippen LogP contribution in [-0.4, -0.2) is 125 Å². The SMILES string of the molecule is COc1ccc(C(CCC2(CCC(=O)CCC(C)CO)CCC(C(=O)CCCCCOC(=O)CCCCCOC(=O)CCCCO[C@@H]3O[C@H](COC(C)=O)[C@H](OC(C)=O)[C@H](OC(C)=O)[C@H]3CC(C)C)CC2)(c2ccc(OC)cc2)c2ccc(OC)cc2)cc1. The maximum atomic E-state index is 13.8. The molecule has 18 nitrogen and oxygen atoms in total. The molecule has 3 aromatic carbocycles. The summed E-state index contributed by atoms with van der Waals surface area (Å²) in [5, 5.41) is 9.67. The van der Waals surface area contributed by atoms with Gasteiger partial charge in [0.25, 0.3) is 0 Å². The standard InChI is InChI=1S/C71H102O18/c1-49(2)46-62-67(87-52(5)74)68(88-53(6)75)64(48-86-51(4)73)89-69(62)85-45-17-14-20-66(79)84-44-16-11-13-19-65(78)83-43-15-10-12-18-63(77)54-35-38-70(39-36-54,40-37-58(76)28-21-50(3)47-72)41-42-71(55-22-29-59(80-7)30-23-55,56-24-31-60(81-8)32-25-56)57-26-33-61(82-9)34-27-57/h22-27,29-34,49-50,54,62,64,67-69,72H,10-21,28,35-48H2,1-9H3/t50?,54?,62-,64-,67-,68+,69-,70?/m1/s1. The smallest absolute Gasteiger partial charge is 0.305 e. The number of aliphatic hydroxyl groups excluding tert-OH is 1. The molecular weight excluding hydrogens is 1140 g/mol. The van der Waals surface area contributed by atoms with Crippen LogP contribution in [-0.2, 0) is 72.1 Å². The summed E-state index contributed by atoms with van der Waals surface area (Å²) in [5.41, 5.74) is 2.55. The van der Waals surface area contributed by atoms with E-state index in [4.69, 9.17) is 47.4 Å². The fourth-order valence-electron chi connectivity index (χ4n) is 12.6. The minimum Gasteiger partial charge on any atom is -0.497 e. The molecule has 5 rings (SSSR count). The first-order valence-electron chi connectivity index (χ1n) is 32.4. The quantitative estimate of drug-likeness (QED) is 0.0241. The van der Waals surface area contributed by atoms with Gasteiger partial charge in [0.05, 0.1) is 40.5 Å². The number of aliphatic hydroxyl groups is 1. The highest BCUT2D eigenvalue weighted by Crippen LogP contribution is 2.52. The number of benzene rings is 3. The molecule has 6 atom stereocenters. The Balaban J connectivity index is 1.03. The summed E-state index contributed by atoms with van der Waals surface area (Å²) in [6, 6.07) is 24.9. The first-order valence-corrected chi connectivity index (χ1v) is 32.4. The summed E-state index contributed by atoms with van der Waals surface area (Å²) in [5.74, 6) is 0.0809. The second-order valence-electron chi connectivity index (χ2n) is 24.9. The molecule has 1 aliphatic heterocycles. The molecule has 0 spiro atoms. The molecule has 1 unspecified atom stereocenters. The lowest BCUT2D eigenvalue weighted by atomic mass is 9.59. The molecule has 2 fully saturated rings. The van der Waals surface area contributed by atoms with Crippen LogP contribution in [0, 0.1) is 29.1 Å². The van der Waals surface area contributed by atoms with Crippen molar-refractivity contribution in [3.05, 3.63) is 89.5 Å². The van der Waals surface area contributed by atoms with Gasteiger partial charge in [-0.05, 0) is 179 Å². The van der Waals surface area contributed by atoms with Crippen molar-refractivity contribution in [3.63, 3.8) is 0 Å². The molecule has 1 heterocycles. The van der Waals surface area contributed by atoms with Gasteiger partial charge in [0.15, 0.2) is 12.4 Å². The van der Waals surface area contributed by atoms with Crippen LogP contribution in [0.2, 0.25) is 0 Å². The summed E-state index contributed by atoms with van der Waals surface area (Å²) in [4.78, 5) is 88.5. The summed E-state index contributed by atoms with van der Waals surface area (Å²) in [7, 11) is 5.00. The Morgan fingerprint density at radius 2 is 1.06 bits per heavy atom. The number of hydrogen-bond acceptors (Lipinski definition) is 18. The Morgan fingerprint density at radius 1 is 0.573 bits per heavy atom. The van der Waals surface area contributed by atoms with Gasteiger partial charge in [-0.25, -0.2) is 0 Å². The Bertz CT molecular complexity index is 2510. The molecule has 0 aromatic heterocycles. The highest BCUT2D eigenvalue weighted by atomic mass is 16.7. The molecule has 1 saturated heterocycles. The molecule has 3 aromatic rings. The van der Waals surface area contributed by atoms with E-state index in [0.717, 1.165) is 85.3 Å². The average Bonchev–Trinajstić information content (AvgIpc) is 1.59. The lowest BCUT2D eigenvalue weighted by Crippen LogP contribution is -2.59. The van der Waals surface area contributed by atoms with Crippen LogP contribution in [0.5, 0.6) is 17.2 Å². The van der Waals surface area contributed by atoms with Crippen molar-refractivity contribution < 1.29 is 86.0 Å². The number of carbonyl (C=O) groups is 7. The zero-order chi connectivity index (χ0) is 64.8. The van der Waals surface area contributed by atoms with Crippen molar-refractivity contribution >= 4 is 41.4 Å². The molecule has 0 amide bonds. The van der Waals surface area contributed by atoms with E-state index < -0.39 is 53.8 Å². The normalized spacial score (nSPS) is 20.4. The van der Waals surface area contributed by atoms with Crippen LogP contribution in [0.25, 0.3) is 0 Å². The molecule has 1 N–H and O–H groups in total. The number of hydrogen-bond donors (Lipinski definition) is 1. The van der Waals surface area contributed by atoms with Crippen LogP contribution < -0.4 is 14.2 Å². The van der Waals surface area contributed by atoms with Gasteiger partial charge >= 0.3 is 29.8 Å². The number of unbranched alkanes of at least 4 members (excludes halogenated alkanes) is 5. The molecule has 1 aliphatic carbocycles. The Kier molecular flexibility index (Phi) is 31.6. The Hall–Kier alpha value is -6.37. The van der Waals surface area contributed by atoms with Crippen molar-refractivity contribution in [2.24, 2.45) is 29.1 Å². The summed E-state index contributed by atoms with van der Waals surface area (Å²) < 4.78 is 56.6. The third-order valence-electron chi connectivity index (χ3n) is 17.7. The van der Waals surface area contributed by atoms with Gasteiger partial charge in [-0.1, -0.05) is 57.2 Å². The van der Waals surface area contributed by atoms with Crippen LogP contribution in [0.3, 0.4) is 0 Å². The van der Waals surface area contributed by atoms with E-state index in [0.29, 0.717) is 83.7 Å². The average molecular weight is 1240 g/mol. The first kappa shape index (κ1) is 73.4. The molecule has 0 radical (unpaired) electrons. The number of rotatable bonds is 41. The molecule has 494 valence electrons. The minimum absolute atomic E-state index is 0.0497. The molecule has 1 saturated carbocycles. The third-order valence-corrected chi connectivity index (χ3v) is 17.7. The van der Waals surface area contributed by atoms with E-state index in [9.17, 15) is 38.7 Å². The van der Waals surface area contributed by atoms with Crippen molar-refractivity contribution in [2.45, 2.75) is 213 Å². The van der Waals surface area contributed by atoms with Gasteiger partial charge in [0, 0.05) is 77.4 Å². The predicted molar refractivity (Wildman–Crippen MR) is 335 cm³/mol. The monoisotopic (exact) mass is 1240 g/mol. The van der Waals surface area contributed by atoms with E-state index in [-0.39, 0.29) is 85.9 Å². The van der Waals surface area contributed by atoms with Gasteiger partial charge < -0.3 is 52.5 Å². The fourth-order valence-corrected chi connectivity index (χ4v) is 12.6. The Morgan fingerprint density at radius 3 is 1.53 bits per heavy atom. The summed E-state index contributed by atoms with van der Waals surface area (Å²) in [6.07, 6.45) is 9.74. The van der Waals surface area contributed by atoms with Crippen molar-refractivity contribution in [1.82, 2.24) is 0 Å².